The fourth-order valence-electron chi connectivity index (χ4n) is 1.19. The minimum Gasteiger partial charge on any atom is -0.474 e. The molecule has 5 heteroatoms. The van der Waals surface area contributed by atoms with Gasteiger partial charge in [0.25, 0.3) is 5.88 Å². The summed E-state index contributed by atoms with van der Waals surface area (Å²) in [5, 5.41) is 7.81. The van der Waals surface area contributed by atoms with Crippen molar-refractivity contribution in [2.75, 3.05) is 13.2 Å². The van der Waals surface area contributed by atoms with Crippen molar-refractivity contribution in [3.63, 3.8) is 0 Å². The summed E-state index contributed by atoms with van der Waals surface area (Å²) in [4.78, 5) is 0. The highest BCUT2D eigenvalue weighted by Crippen LogP contribution is 2.09. The van der Waals surface area contributed by atoms with Gasteiger partial charge in [0.05, 0.1) is 11.9 Å². The van der Waals surface area contributed by atoms with E-state index in [9.17, 15) is 0 Å². The van der Waals surface area contributed by atoms with Crippen LogP contribution in [-0.2, 0) is 0 Å². The van der Waals surface area contributed by atoms with Crippen molar-refractivity contribution in [3.05, 3.63) is 36.5 Å². The molecule has 15 heavy (non-hydrogen) atoms. The van der Waals surface area contributed by atoms with E-state index >= 15 is 0 Å². The van der Waals surface area contributed by atoms with Gasteiger partial charge in [0.15, 0.2) is 0 Å². The number of para-hydroxylation sites is 1. The maximum Gasteiger partial charge on any atom is 0.253 e. The molecule has 0 radical (unpaired) electrons. The van der Waals surface area contributed by atoms with Crippen molar-refractivity contribution >= 4 is 0 Å². The highest BCUT2D eigenvalue weighted by atomic mass is 16.5. The molecular weight excluding hydrogens is 192 g/mol. The molecule has 0 bridgehead atoms. The van der Waals surface area contributed by atoms with Crippen LogP contribution in [0.5, 0.6) is 5.88 Å². The second-order valence-electron chi connectivity index (χ2n) is 2.97. The third-order valence-electron chi connectivity index (χ3n) is 1.86. The molecule has 1 aromatic carbocycles. The van der Waals surface area contributed by atoms with Gasteiger partial charge >= 0.3 is 0 Å². The van der Waals surface area contributed by atoms with Crippen molar-refractivity contribution in [2.24, 2.45) is 5.73 Å². The van der Waals surface area contributed by atoms with Gasteiger partial charge in [0.2, 0.25) is 0 Å². The molecule has 0 aliphatic carbocycles. The van der Waals surface area contributed by atoms with Crippen LogP contribution in [0.2, 0.25) is 0 Å². The molecule has 1 heterocycles. The standard InChI is InChI=1S/C10H12N4O/c11-6-7-15-10-8-14(13-12-10)9-4-2-1-3-5-9/h1-5,8H,6-7,11H2. The van der Waals surface area contributed by atoms with Crippen molar-refractivity contribution in [1.29, 1.82) is 0 Å². The first-order valence-corrected chi connectivity index (χ1v) is 4.71. The largest absolute Gasteiger partial charge is 0.474 e. The van der Waals surface area contributed by atoms with Gasteiger partial charge in [-0.25, -0.2) is 4.68 Å². The van der Waals surface area contributed by atoms with Gasteiger partial charge in [0, 0.05) is 6.54 Å². The summed E-state index contributed by atoms with van der Waals surface area (Å²) in [6.45, 7) is 0.922. The first-order valence-electron chi connectivity index (χ1n) is 4.71. The fourth-order valence-corrected chi connectivity index (χ4v) is 1.19. The van der Waals surface area contributed by atoms with Gasteiger partial charge in [-0.05, 0) is 12.1 Å². The van der Waals surface area contributed by atoms with Gasteiger partial charge < -0.3 is 10.5 Å². The molecule has 1 aromatic heterocycles. The first kappa shape index (κ1) is 9.67. The van der Waals surface area contributed by atoms with Crippen LogP contribution >= 0.6 is 0 Å². The van der Waals surface area contributed by atoms with E-state index in [0.29, 0.717) is 19.0 Å². The van der Waals surface area contributed by atoms with Crippen LogP contribution in [0.25, 0.3) is 5.69 Å². The summed E-state index contributed by atoms with van der Waals surface area (Å²) in [5.41, 5.74) is 6.27. The fraction of sp³-hybridized carbons (Fsp3) is 0.200. The maximum atomic E-state index is 5.31. The van der Waals surface area contributed by atoms with Crippen molar-refractivity contribution in [3.8, 4) is 11.6 Å². The Morgan fingerprint density at radius 1 is 1.27 bits per heavy atom. The van der Waals surface area contributed by atoms with Crippen molar-refractivity contribution < 1.29 is 4.74 Å². The van der Waals surface area contributed by atoms with Crippen LogP contribution in [0.15, 0.2) is 36.5 Å². The number of rotatable bonds is 4. The van der Waals surface area contributed by atoms with Crippen molar-refractivity contribution in [2.45, 2.75) is 0 Å². The summed E-state index contributed by atoms with van der Waals surface area (Å²) >= 11 is 0. The second-order valence-corrected chi connectivity index (χ2v) is 2.97. The Kier molecular flexibility index (Phi) is 2.94. The number of hydrogen-bond acceptors (Lipinski definition) is 4. The first-order chi connectivity index (χ1) is 7.40. The average Bonchev–Trinajstić information content (AvgIpc) is 2.76. The number of nitrogens with zero attached hydrogens (tertiary/aromatic N) is 3. The lowest BCUT2D eigenvalue weighted by Crippen LogP contribution is -2.10. The molecule has 0 fully saturated rings. The summed E-state index contributed by atoms with van der Waals surface area (Å²) in [7, 11) is 0. The highest BCUT2D eigenvalue weighted by Gasteiger charge is 2.01. The minimum absolute atomic E-state index is 0.452. The topological polar surface area (TPSA) is 66.0 Å². The van der Waals surface area contributed by atoms with Crippen LogP contribution in [0.3, 0.4) is 0 Å². The normalized spacial score (nSPS) is 10.2. The molecule has 78 valence electrons. The predicted molar refractivity (Wildman–Crippen MR) is 55.9 cm³/mol. The number of benzene rings is 1. The number of aromatic nitrogens is 3. The molecule has 0 saturated heterocycles. The predicted octanol–water partition coefficient (Wildman–Crippen LogP) is 0.605. The Morgan fingerprint density at radius 2 is 2.07 bits per heavy atom. The Morgan fingerprint density at radius 3 is 2.80 bits per heavy atom. The van der Waals surface area contributed by atoms with E-state index < -0.39 is 0 Å². The average molecular weight is 204 g/mol. The zero-order valence-corrected chi connectivity index (χ0v) is 8.21. The van der Waals surface area contributed by atoms with Crippen molar-refractivity contribution in [1.82, 2.24) is 15.0 Å². The Hall–Kier alpha value is -1.88. The third kappa shape index (κ3) is 2.32. The van der Waals surface area contributed by atoms with E-state index in [-0.39, 0.29) is 0 Å². The molecule has 0 aliphatic rings. The monoisotopic (exact) mass is 204 g/mol. The lowest BCUT2D eigenvalue weighted by atomic mass is 10.3. The van der Waals surface area contributed by atoms with Crippen LogP contribution in [0, 0.1) is 0 Å². The maximum absolute atomic E-state index is 5.31. The molecule has 5 nitrogen and oxygen atoms in total. The summed E-state index contributed by atoms with van der Waals surface area (Å²) in [5.74, 6) is 0.490. The Bertz CT molecular complexity index is 412. The second kappa shape index (κ2) is 4.56. The molecule has 0 atom stereocenters. The minimum atomic E-state index is 0.452. The van der Waals surface area contributed by atoms with E-state index in [2.05, 4.69) is 10.3 Å². The number of hydrogen-bond donors (Lipinski definition) is 1. The molecule has 0 aliphatic heterocycles. The summed E-state index contributed by atoms with van der Waals surface area (Å²) in [6.07, 6.45) is 1.73. The van der Waals surface area contributed by atoms with E-state index in [0.717, 1.165) is 5.69 Å². The third-order valence-corrected chi connectivity index (χ3v) is 1.86. The molecule has 2 N–H and O–H groups in total. The summed E-state index contributed by atoms with van der Waals surface area (Å²) in [6, 6.07) is 9.73. The molecule has 0 unspecified atom stereocenters. The van der Waals surface area contributed by atoms with Crippen LogP contribution < -0.4 is 10.5 Å². The quantitative estimate of drug-likeness (QED) is 0.792. The number of nitrogens with two attached hydrogens (primary N) is 1. The molecule has 2 rings (SSSR count). The summed E-state index contributed by atoms with van der Waals surface area (Å²) < 4.78 is 6.90. The molecule has 2 aromatic rings. The van der Waals surface area contributed by atoms with E-state index in [1.54, 1.807) is 10.9 Å². The molecule has 0 saturated carbocycles. The van der Waals surface area contributed by atoms with Crippen LogP contribution in [-0.4, -0.2) is 28.1 Å². The van der Waals surface area contributed by atoms with Crippen LogP contribution in [0.4, 0.5) is 0 Å². The van der Waals surface area contributed by atoms with Crippen LogP contribution in [0.1, 0.15) is 0 Å². The van der Waals surface area contributed by atoms with E-state index in [4.69, 9.17) is 10.5 Å². The lowest BCUT2D eigenvalue weighted by Gasteiger charge is -1.98. The van der Waals surface area contributed by atoms with Gasteiger partial charge in [-0.1, -0.05) is 28.5 Å². The SMILES string of the molecule is NCCOc1cn(-c2ccccc2)nn1. The van der Waals surface area contributed by atoms with Gasteiger partial charge in [-0.3, -0.25) is 0 Å². The number of ether oxygens (including phenoxy) is 1. The van der Waals surface area contributed by atoms with E-state index in [1.807, 2.05) is 30.3 Å². The molecular formula is C10H12N4O. The Balaban J connectivity index is 2.14. The van der Waals surface area contributed by atoms with E-state index in [1.165, 1.54) is 0 Å². The van der Waals surface area contributed by atoms with Gasteiger partial charge in [0.1, 0.15) is 6.61 Å². The van der Waals surface area contributed by atoms with Gasteiger partial charge in [-0.15, -0.1) is 0 Å². The zero-order valence-electron chi connectivity index (χ0n) is 8.21. The Labute approximate surface area is 87.5 Å². The smallest absolute Gasteiger partial charge is 0.253 e. The van der Waals surface area contributed by atoms with Gasteiger partial charge in [-0.2, -0.15) is 0 Å². The zero-order chi connectivity index (χ0) is 10.5. The molecule has 0 amide bonds. The molecule has 0 spiro atoms. The highest BCUT2D eigenvalue weighted by molar-refractivity contribution is 5.30. The lowest BCUT2D eigenvalue weighted by molar-refractivity contribution is 0.315.